The van der Waals surface area contributed by atoms with Gasteiger partial charge in [0, 0.05) is 35.3 Å². The fourth-order valence-electron chi connectivity index (χ4n) is 5.84. The second-order valence-corrected chi connectivity index (χ2v) is 11.0. The van der Waals surface area contributed by atoms with E-state index in [9.17, 15) is 4.79 Å². The fourth-order valence-corrected chi connectivity index (χ4v) is 6.39. The lowest BCUT2D eigenvalue weighted by Crippen LogP contribution is -2.46. The molecular formula is C28H30BrN3O4. The molecule has 1 aliphatic carbocycles. The Morgan fingerprint density at radius 3 is 2.58 bits per heavy atom. The predicted molar refractivity (Wildman–Crippen MR) is 139 cm³/mol. The molecule has 188 valence electrons. The smallest absolute Gasteiger partial charge is 0.339 e. The Hall–Kier alpha value is -2.71. The summed E-state index contributed by atoms with van der Waals surface area (Å²) < 4.78 is 18.1. The number of esters is 1. The highest BCUT2D eigenvalue weighted by Gasteiger charge is 2.43. The van der Waals surface area contributed by atoms with E-state index >= 15 is 0 Å². The van der Waals surface area contributed by atoms with E-state index in [0.717, 1.165) is 71.4 Å². The molecule has 3 fully saturated rings. The zero-order chi connectivity index (χ0) is 24.8. The maximum atomic E-state index is 11.9. The van der Waals surface area contributed by atoms with E-state index < -0.39 is 0 Å². The van der Waals surface area contributed by atoms with Crippen LogP contribution in [0.5, 0.6) is 0 Å². The number of carbonyl (C=O) groups is 1. The van der Waals surface area contributed by atoms with Gasteiger partial charge in [0.15, 0.2) is 0 Å². The van der Waals surface area contributed by atoms with Crippen molar-refractivity contribution < 1.29 is 18.8 Å². The van der Waals surface area contributed by atoms with Gasteiger partial charge in [0.05, 0.1) is 29.9 Å². The predicted octanol–water partition coefficient (Wildman–Crippen LogP) is 6.19. The first kappa shape index (κ1) is 23.7. The van der Waals surface area contributed by atoms with Crippen molar-refractivity contribution in [1.82, 2.24) is 10.1 Å². The van der Waals surface area contributed by atoms with E-state index in [1.807, 2.05) is 0 Å². The number of piperidine rings is 1. The molecule has 1 unspecified atom stereocenters. The van der Waals surface area contributed by atoms with Crippen molar-refractivity contribution in [3.05, 3.63) is 63.5 Å². The first-order chi connectivity index (χ1) is 17.5. The normalized spacial score (nSPS) is 23.2. The first-order valence-electron chi connectivity index (χ1n) is 12.7. The molecule has 3 aromatic rings. The van der Waals surface area contributed by atoms with Crippen LogP contribution in [-0.2, 0) is 16.1 Å². The average Bonchev–Trinajstić information content (AvgIpc) is 3.59. The third kappa shape index (κ3) is 4.34. The molecule has 1 saturated carbocycles. The van der Waals surface area contributed by atoms with Crippen LogP contribution in [0.25, 0.3) is 11.3 Å². The number of nitrogens with zero attached hydrogens (tertiary/aromatic N) is 3. The van der Waals surface area contributed by atoms with Crippen LogP contribution in [0.3, 0.4) is 0 Å². The largest absolute Gasteiger partial charge is 0.465 e. The highest BCUT2D eigenvalue weighted by atomic mass is 79.9. The standard InChI is InChI=1S/C28H30BrN3O4/c1-16-5-3-4-6-22(16)25-23(26(36-31-25)17-7-8-17)15-35-21-12-19-9-10-20(13-21)32(19)27-24(29)11-18(14-30-27)28(33)34-2/h3-6,11,14,17,19-21H,7-10,12-13,15H2,1-2H3/t19-,20?,21-/m0/s1. The van der Waals surface area contributed by atoms with Gasteiger partial charge < -0.3 is 18.9 Å². The number of rotatable bonds is 7. The van der Waals surface area contributed by atoms with Crippen LogP contribution in [0.1, 0.15) is 71.7 Å². The molecule has 2 bridgehead atoms. The van der Waals surface area contributed by atoms with E-state index in [4.69, 9.17) is 14.0 Å². The minimum Gasteiger partial charge on any atom is -0.465 e. The quantitative estimate of drug-likeness (QED) is 0.324. The van der Waals surface area contributed by atoms with Gasteiger partial charge in [-0.25, -0.2) is 9.78 Å². The number of benzene rings is 1. The van der Waals surface area contributed by atoms with Crippen LogP contribution in [-0.4, -0.2) is 41.4 Å². The van der Waals surface area contributed by atoms with Gasteiger partial charge in [0.2, 0.25) is 0 Å². The zero-order valence-corrected chi connectivity index (χ0v) is 22.2. The van der Waals surface area contributed by atoms with E-state index in [-0.39, 0.29) is 12.1 Å². The molecule has 6 rings (SSSR count). The number of aromatic nitrogens is 2. The van der Waals surface area contributed by atoms with Gasteiger partial charge in [-0.2, -0.15) is 0 Å². The van der Waals surface area contributed by atoms with Gasteiger partial charge in [-0.3, -0.25) is 0 Å². The van der Waals surface area contributed by atoms with Crippen molar-refractivity contribution in [2.75, 3.05) is 12.0 Å². The zero-order valence-electron chi connectivity index (χ0n) is 20.6. The third-order valence-electron chi connectivity index (χ3n) is 7.81. The van der Waals surface area contributed by atoms with Crippen molar-refractivity contribution in [3.8, 4) is 11.3 Å². The Labute approximate surface area is 219 Å². The molecule has 1 aromatic carbocycles. The summed E-state index contributed by atoms with van der Waals surface area (Å²) in [5.41, 5.74) is 4.80. The summed E-state index contributed by atoms with van der Waals surface area (Å²) in [7, 11) is 1.38. The molecule has 4 heterocycles. The summed E-state index contributed by atoms with van der Waals surface area (Å²) in [6.07, 6.45) is 8.24. The van der Waals surface area contributed by atoms with Crippen LogP contribution >= 0.6 is 15.9 Å². The van der Waals surface area contributed by atoms with Crippen molar-refractivity contribution in [2.45, 2.75) is 76.2 Å². The third-order valence-corrected chi connectivity index (χ3v) is 8.39. The minimum absolute atomic E-state index is 0.179. The van der Waals surface area contributed by atoms with Crippen molar-refractivity contribution >= 4 is 27.7 Å². The number of halogens is 1. The summed E-state index contributed by atoms with van der Waals surface area (Å²) >= 11 is 3.64. The summed E-state index contributed by atoms with van der Waals surface area (Å²) in [5, 5.41) is 4.49. The molecule has 3 aliphatic rings. The van der Waals surface area contributed by atoms with Gasteiger partial charge in [-0.15, -0.1) is 0 Å². The Balaban J connectivity index is 1.18. The molecule has 0 spiro atoms. The highest BCUT2D eigenvalue weighted by molar-refractivity contribution is 9.10. The molecule has 2 aromatic heterocycles. The SMILES string of the molecule is COC(=O)c1cnc(N2C3CC[C@H]2C[C@H](OCc2c(-c4ccccc4C)noc2C2CC2)C3)c(Br)c1. The Morgan fingerprint density at radius 1 is 1.17 bits per heavy atom. The number of hydrogen-bond acceptors (Lipinski definition) is 7. The van der Waals surface area contributed by atoms with E-state index in [1.54, 1.807) is 12.3 Å². The number of carbonyl (C=O) groups excluding carboxylic acids is 1. The van der Waals surface area contributed by atoms with Crippen LogP contribution in [0.4, 0.5) is 5.82 Å². The average molecular weight is 552 g/mol. The second kappa shape index (κ2) is 9.63. The van der Waals surface area contributed by atoms with E-state index in [1.165, 1.54) is 12.7 Å². The second-order valence-electron chi connectivity index (χ2n) is 10.2. The summed E-state index contributed by atoms with van der Waals surface area (Å²) in [6.45, 7) is 2.64. The molecule has 0 N–H and O–H groups in total. The molecule has 0 amide bonds. The summed E-state index contributed by atoms with van der Waals surface area (Å²) in [5.74, 6) is 2.00. The highest BCUT2D eigenvalue weighted by Crippen LogP contribution is 2.46. The van der Waals surface area contributed by atoms with Crippen LogP contribution in [0, 0.1) is 6.92 Å². The van der Waals surface area contributed by atoms with Crippen LogP contribution in [0.15, 0.2) is 45.5 Å². The number of methoxy groups -OCH3 is 1. The molecule has 0 radical (unpaired) electrons. The lowest BCUT2D eigenvalue weighted by Gasteiger charge is -2.40. The Morgan fingerprint density at radius 2 is 1.92 bits per heavy atom. The number of aryl methyl sites for hydroxylation is 1. The Kier molecular flexibility index (Phi) is 6.33. The number of hydrogen-bond donors (Lipinski definition) is 0. The van der Waals surface area contributed by atoms with Crippen LogP contribution < -0.4 is 4.90 Å². The fraction of sp³-hybridized carbons (Fsp3) is 0.464. The molecular weight excluding hydrogens is 522 g/mol. The molecule has 36 heavy (non-hydrogen) atoms. The van der Waals surface area contributed by atoms with Crippen molar-refractivity contribution in [2.24, 2.45) is 0 Å². The van der Waals surface area contributed by atoms with Gasteiger partial charge in [0.1, 0.15) is 17.3 Å². The van der Waals surface area contributed by atoms with Gasteiger partial charge in [-0.05, 0) is 73.0 Å². The number of ether oxygens (including phenoxy) is 2. The van der Waals surface area contributed by atoms with Crippen molar-refractivity contribution in [3.63, 3.8) is 0 Å². The summed E-state index contributed by atoms with van der Waals surface area (Å²) in [4.78, 5) is 18.9. The maximum Gasteiger partial charge on any atom is 0.339 e. The molecule has 2 saturated heterocycles. The topological polar surface area (TPSA) is 77.7 Å². The minimum atomic E-state index is -0.380. The van der Waals surface area contributed by atoms with Crippen molar-refractivity contribution in [1.29, 1.82) is 0 Å². The van der Waals surface area contributed by atoms with Crippen LogP contribution in [0.2, 0.25) is 0 Å². The monoisotopic (exact) mass is 551 g/mol. The summed E-state index contributed by atoms with van der Waals surface area (Å²) in [6, 6.07) is 10.9. The Bertz CT molecular complexity index is 1270. The van der Waals surface area contributed by atoms with E-state index in [2.05, 4.69) is 62.2 Å². The lowest BCUT2D eigenvalue weighted by molar-refractivity contribution is 0.0145. The lowest BCUT2D eigenvalue weighted by atomic mass is 9.98. The molecule has 3 atom stereocenters. The van der Waals surface area contributed by atoms with E-state index in [0.29, 0.717) is 30.2 Å². The molecule has 8 heteroatoms. The van der Waals surface area contributed by atoms with Gasteiger partial charge in [-0.1, -0.05) is 29.4 Å². The number of fused-ring (bicyclic) bond motifs is 2. The van der Waals surface area contributed by atoms with Gasteiger partial charge in [0.25, 0.3) is 0 Å². The molecule has 2 aliphatic heterocycles. The maximum absolute atomic E-state index is 11.9. The first-order valence-corrected chi connectivity index (χ1v) is 13.5. The van der Waals surface area contributed by atoms with Gasteiger partial charge >= 0.3 is 5.97 Å². The molecule has 7 nitrogen and oxygen atoms in total. The number of pyridine rings is 1. The number of anilines is 1.